The van der Waals surface area contributed by atoms with Gasteiger partial charge in [-0.2, -0.15) is 0 Å². The largest absolute Gasteiger partial charge is 0.369 e. The van der Waals surface area contributed by atoms with Crippen molar-refractivity contribution in [2.24, 2.45) is 5.92 Å². The Morgan fingerprint density at radius 2 is 2.00 bits per heavy atom. The number of para-hydroxylation sites is 1. The molecule has 0 aliphatic carbocycles. The molecule has 5 nitrogen and oxygen atoms in total. The van der Waals surface area contributed by atoms with Crippen molar-refractivity contribution >= 4 is 17.4 Å². The summed E-state index contributed by atoms with van der Waals surface area (Å²) in [5.74, 6) is 1.09. The van der Waals surface area contributed by atoms with E-state index in [4.69, 9.17) is 0 Å². The van der Waals surface area contributed by atoms with Crippen molar-refractivity contribution in [1.29, 1.82) is 0 Å². The molecule has 128 valence electrons. The minimum atomic E-state index is -0.236. The van der Waals surface area contributed by atoms with Crippen LogP contribution in [0.25, 0.3) is 0 Å². The lowest BCUT2D eigenvalue weighted by Crippen LogP contribution is -2.16. The lowest BCUT2D eigenvalue weighted by molar-refractivity contribution is 0.102. The highest BCUT2D eigenvalue weighted by molar-refractivity contribution is 6.03. The molecule has 0 spiro atoms. The van der Waals surface area contributed by atoms with Gasteiger partial charge < -0.3 is 10.6 Å². The Hall–Kier alpha value is -2.43. The Kier molecular flexibility index (Phi) is 6.29. The van der Waals surface area contributed by atoms with Gasteiger partial charge in [0.15, 0.2) is 0 Å². The van der Waals surface area contributed by atoms with Gasteiger partial charge in [0.1, 0.15) is 11.5 Å². The van der Waals surface area contributed by atoms with E-state index >= 15 is 0 Å². The van der Waals surface area contributed by atoms with E-state index in [1.54, 1.807) is 6.20 Å². The maximum Gasteiger partial charge on any atom is 0.275 e. The Labute approximate surface area is 143 Å². The SMILES string of the molecule is CCc1cccc(C)c1NC(=O)c1cnc(NCCC(C)C)cn1. The number of nitrogens with one attached hydrogen (secondary N) is 2. The fourth-order valence-corrected chi connectivity index (χ4v) is 2.41. The smallest absolute Gasteiger partial charge is 0.275 e. The molecule has 2 aromatic rings. The highest BCUT2D eigenvalue weighted by Crippen LogP contribution is 2.21. The number of hydrogen-bond acceptors (Lipinski definition) is 4. The van der Waals surface area contributed by atoms with Crippen molar-refractivity contribution in [2.75, 3.05) is 17.2 Å². The van der Waals surface area contributed by atoms with Gasteiger partial charge in [0.25, 0.3) is 5.91 Å². The number of hydrogen-bond donors (Lipinski definition) is 2. The van der Waals surface area contributed by atoms with E-state index in [9.17, 15) is 4.79 Å². The van der Waals surface area contributed by atoms with E-state index in [2.05, 4.69) is 41.4 Å². The van der Waals surface area contributed by atoms with Crippen LogP contribution >= 0.6 is 0 Å². The molecular weight excluding hydrogens is 300 g/mol. The molecule has 0 radical (unpaired) electrons. The van der Waals surface area contributed by atoms with Gasteiger partial charge in [-0.1, -0.05) is 39.0 Å². The topological polar surface area (TPSA) is 66.9 Å². The number of aromatic nitrogens is 2. The number of anilines is 2. The van der Waals surface area contributed by atoms with Crippen molar-refractivity contribution in [3.05, 3.63) is 47.4 Å². The average molecular weight is 326 g/mol. The molecule has 0 saturated heterocycles. The van der Waals surface area contributed by atoms with E-state index in [1.807, 2.05) is 25.1 Å². The predicted molar refractivity (Wildman–Crippen MR) is 98.5 cm³/mol. The Balaban J connectivity index is 2.03. The van der Waals surface area contributed by atoms with Crippen molar-refractivity contribution in [1.82, 2.24) is 9.97 Å². The van der Waals surface area contributed by atoms with Crippen molar-refractivity contribution in [3.8, 4) is 0 Å². The molecule has 1 aromatic heterocycles. The minimum Gasteiger partial charge on any atom is -0.369 e. The second-order valence-corrected chi connectivity index (χ2v) is 6.31. The van der Waals surface area contributed by atoms with E-state index in [0.717, 1.165) is 36.2 Å². The lowest BCUT2D eigenvalue weighted by atomic mass is 10.1. The quantitative estimate of drug-likeness (QED) is 0.805. The normalized spacial score (nSPS) is 10.7. The third-order valence-corrected chi connectivity index (χ3v) is 3.89. The number of amides is 1. The standard InChI is InChI=1S/C19H26N4O/c1-5-15-8-6-7-14(4)18(15)23-19(24)16-11-22-17(12-21-16)20-10-9-13(2)3/h6-8,11-13H,5,9-10H2,1-4H3,(H,20,22)(H,23,24). The lowest BCUT2D eigenvalue weighted by Gasteiger charge is -2.12. The van der Waals surface area contributed by atoms with Crippen molar-refractivity contribution < 1.29 is 4.79 Å². The van der Waals surface area contributed by atoms with E-state index in [0.29, 0.717) is 17.4 Å². The van der Waals surface area contributed by atoms with Gasteiger partial charge in [0.2, 0.25) is 0 Å². The third kappa shape index (κ3) is 4.78. The van der Waals surface area contributed by atoms with Crippen molar-refractivity contribution in [3.63, 3.8) is 0 Å². The molecule has 24 heavy (non-hydrogen) atoms. The summed E-state index contributed by atoms with van der Waals surface area (Å²) in [7, 11) is 0. The Bertz CT molecular complexity index is 680. The molecule has 0 aliphatic rings. The first-order valence-electron chi connectivity index (χ1n) is 8.47. The first-order valence-corrected chi connectivity index (χ1v) is 8.47. The minimum absolute atomic E-state index is 0.236. The zero-order valence-corrected chi connectivity index (χ0v) is 14.9. The van der Waals surface area contributed by atoms with Gasteiger partial charge in [-0.15, -0.1) is 0 Å². The predicted octanol–water partition coefficient (Wildman–Crippen LogP) is 4.06. The molecular formula is C19H26N4O. The van der Waals surface area contributed by atoms with Crippen LogP contribution in [-0.2, 0) is 6.42 Å². The summed E-state index contributed by atoms with van der Waals surface area (Å²) < 4.78 is 0. The highest BCUT2D eigenvalue weighted by Gasteiger charge is 2.12. The van der Waals surface area contributed by atoms with Crippen LogP contribution in [0.5, 0.6) is 0 Å². The molecule has 0 aliphatic heterocycles. The molecule has 0 fully saturated rings. The highest BCUT2D eigenvalue weighted by atomic mass is 16.1. The van der Waals surface area contributed by atoms with Gasteiger partial charge in [0, 0.05) is 12.2 Å². The summed E-state index contributed by atoms with van der Waals surface area (Å²) in [5.41, 5.74) is 3.34. The first-order chi connectivity index (χ1) is 11.5. The van der Waals surface area contributed by atoms with Crippen LogP contribution < -0.4 is 10.6 Å². The molecule has 5 heteroatoms. The van der Waals surface area contributed by atoms with Gasteiger partial charge in [-0.3, -0.25) is 4.79 Å². The molecule has 2 rings (SSSR count). The summed E-state index contributed by atoms with van der Waals surface area (Å²) in [6, 6.07) is 6.01. The van der Waals surface area contributed by atoms with Crippen LogP contribution in [0, 0.1) is 12.8 Å². The maximum absolute atomic E-state index is 12.4. The van der Waals surface area contributed by atoms with Gasteiger partial charge in [0.05, 0.1) is 12.4 Å². The summed E-state index contributed by atoms with van der Waals surface area (Å²) >= 11 is 0. The zero-order valence-electron chi connectivity index (χ0n) is 14.9. The fraction of sp³-hybridized carbons (Fsp3) is 0.421. The van der Waals surface area contributed by atoms with Crippen LogP contribution in [0.1, 0.15) is 48.8 Å². The Morgan fingerprint density at radius 3 is 2.62 bits per heavy atom. The number of carbonyl (C=O) groups is 1. The van der Waals surface area contributed by atoms with Gasteiger partial charge >= 0.3 is 0 Å². The number of nitrogens with zero attached hydrogens (tertiary/aromatic N) is 2. The molecule has 0 atom stereocenters. The van der Waals surface area contributed by atoms with Gasteiger partial charge in [-0.05, 0) is 36.8 Å². The fourth-order valence-electron chi connectivity index (χ4n) is 2.41. The molecule has 1 aromatic carbocycles. The number of aryl methyl sites for hydroxylation is 2. The van der Waals surface area contributed by atoms with E-state index in [1.165, 1.54) is 6.20 Å². The number of benzene rings is 1. The van der Waals surface area contributed by atoms with E-state index < -0.39 is 0 Å². The van der Waals surface area contributed by atoms with Crippen LogP contribution in [0.2, 0.25) is 0 Å². The molecule has 1 amide bonds. The molecule has 0 bridgehead atoms. The molecule has 0 saturated carbocycles. The third-order valence-electron chi connectivity index (χ3n) is 3.89. The van der Waals surface area contributed by atoms with Crippen LogP contribution in [0.15, 0.2) is 30.6 Å². The molecule has 1 heterocycles. The Morgan fingerprint density at radius 1 is 1.21 bits per heavy atom. The monoisotopic (exact) mass is 326 g/mol. The average Bonchev–Trinajstić information content (AvgIpc) is 2.57. The van der Waals surface area contributed by atoms with Gasteiger partial charge in [-0.25, -0.2) is 9.97 Å². The van der Waals surface area contributed by atoms with Crippen LogP contribution in [0.4, 0.5) is 11.5 Å². The van der Waals surface area contributed by atoms with Crippen LogP contribution in [-0.4, -0.2) is 22.4 Å². The number of rotatable bonds is 7. The van der Waals surface area contributed by atoms with Crippen molar-refractivity contribution in [2.45, 2.75) is 40.5 Å². The van der Waals surface area contributed by atoms with E-state index in [-0.39, 0.29) is 5.91 Å². The second-order valence-electron chi connectivity index (χ2n) is 6.31. The summed E-state index contributed by atoms with van der Waals surface area (Å²) in [6.07, 6.45) is 5.05. The first kappa shape index (κ1) is 17.9. The summed E-state index contributed by atoms with van der Waals surface area (Å²) in [5, 5.41) is 6.18. The second kappa shape index (κ2) is 8.43. The summed E-state index contributed by atoms with van der Waals surface area (Å²) in [6.45, 7) is 9.26. The number of carbonyl (C=O) groups excluding carboxylic acids is 1. The molecule has 0 unspecified atom stereocenters. The zero-order chi connectivity index (χ0) is 17.5. The van der Waals surface area contributed by atoms with Crippen LogP contribution in [0.3, 0.4) is 0 Å². The summed E-state index contributed by atoms with van der Waals surface area (Å²) in [4.78, 5) is 20.9. The molecule has 2 N–H and O–H groups in total. The maximum atomic E-state index is 12.4.